The predicted octanol–water partition coefficient (Wildman–Crippen LogP) is 2.83. The van der Waals surface area contributed by atoms with Gasteiger partial charge >= 0.3 is 0 Å². The van der Waals surface area contributed by atoms with E-state index in [1.165, 1.54) is 0 Å². The standard InChI is InChI=1S/C18H20Cl2N4O/c1-24-9-10(6-22-24)13-7-21-8-14(13)18(25)23-16-5-3-12-11(16)2-4-15(19)17(12)20/h2,4,6,9,13-14,16,21H,3,5,7-8H2,1H3,(H,23,25)/t13-,14+,16?/m1/s1. The van der Waals surface area contributed by atoms with E-state index < -0.39 is 0 Å². The van der Waals surface area contributed by atoms with Gasteiger partial charge in [0.1, 0.15) is 0 Å². The van der Waals surface area contributed by atoms with Crippen molar-refractivity contribution in [3.63, 3.8) is 0 Å². The molecule has 0 radical (unpaired) electrons. The summed E-state index contributed by atoms with van der Waals surface area (Å²) in [6.45, 7) is 1.48. The van der Waals surface area contributed by atoms with E-state index in [9.17, 15) is 4.79 Å². The average molecular weight is 379 g/mol. The van der Waals surface area contributed by atoms with Crippen LogP contribution in [0.15, 0.2) is 24.5 Å². The third kappa shape index (κ3) is 3.05. The van der Waals surface area contributed by atoms with E-state index in [2.05, 4.69) is 15.7 Å². The molecule has 0 spiro atoms. The molecule has 0 saturated carbocycles. The highest BCUT2D eigenvalue weighted by Gasteiger charge is 2.36. The zero-order chi connectivity index (χ0) is 17.6. The number of carbonyl (C=O) groups is 1. The summed E-state index contributed by atoms with van der Waals surface area (Å²) in [4.78, 5) is 12.9. The van der Waals surface area contributed by atoms with Crippen LogP contribution in [0.1, 0.15) is 35.1 Å². The Balaban J connectivity index is 1.51. The van der Waals surface area contributed by atoms with Crippen LogP contribution in [0.5, 0.6) is 0 Å². The van der Waals surface area contributed by atoms with E-state index in [4.69, 9.17) is 23.2 Å². The zero-order valence-electron chi connectivity index (χ0n) is 13.9. The van der Waals surface area contributed by atoms with Gasteiger partial charge in [0.2, 0.25) is 5.91 Å². The molecule has 1 unspecified atom stereocenters. The Morgan fingerprint density at radius 3 is 2.96 bits per heavy atom. The molecule has 25 heavy (non-hydrogen) atoms. The number of aryl methyl sites for hydroxylation is 1. The number of fused-ring (bicyclic) bond motifs is 1. The van der Waals surface area contributed by atoms with E-state index in [1.807, 2.05) is 31.6 Å². The molecule has 5 nitrogen and oxygen atoms in total. The van der Waals surface area contributed by atoms with Crippen molar-refractivity contribution in [3.05, 3.63) is 51.3 Å². The highest BCUT2D eigenvalue weighted by atomic mass is 35.5. The Morgan fingerprint density at radius 1 is 1.36 bits per heavy atom. The molecule has 1 aromatic heterocycles. The van der Waals surface area contributed by atoms with Gasteiger partial charge < -0.3 is 10.6 Å². The number of carbonyl (C=O) groups excluding carboxylic acids is 1. The number of aromatic nitrogens is 2. The van der Waals surface area contributed by atoms with Crippen molar-refractivity contribution in [3.8, 4) is 0 Å². The highest BCUT2D eigenvalue weighted by molar-refractivity contribution is 6.42. The molecule has 2 aliphatic rings. The molecule has 2 aromatic rings. The van der Waals surface area contributed by atoms with E-state index >= 15 is 0 Å². The lowest BCUT2D eigenvalue weighted by Gasteiger charge is -2.21. The fourth-order valence-corrected chi connectivity index (χ4v) is 4.44. The average Bonchev–Trinajstić information content (AvgIpc) is 3.30. The van der Waals surface area contributed by atoms with E-state index in [0.717, 1.165) is 36.1 Å². The first kappa shape index (κ1) is 16.9. The third-order valence-corrected chi connectivity index (χ3v) is 6.15. The molecule has 2 N–H and O–H groups in total. The van der Waals surface area contributed by atoms with Gasteiger partial charge in [-0.15, -0.1) is 0 Å². The van der Waals surface area contributed by atoms with Gasteiger partial charge in [0, 0.05) is 32.3 Å². The van der Waals surface area contributed by atoms with Crippen molar-refractivity contribution in [2.75, 3.05) is 13.1 Å². The summed E-state index contributed by atoms with van der Waals surface area (Å²) in [5, 5.41) is 12.0. The van der Waals surface area contributed by atoms with Crippen LogP contribution in [0.2, 0.25) is 10.0 Å². The van der Waals surface area contributed by atoms with Crippen molar-refractivity contribution in [2.45, 2.75) is 24.8 Å². The summed E-state index contributed by atoms with van der Waals surface area (Å²) in [5.41, 5.74) is 3.26. The van der Waals surface area contributed by atoms with Crippen LogP contribution in [0.3, 0.4) is 0 Å². The maximum Gasteiger partial charge on any atom is 0.225 e. The zero-order valence-corrected chi connectivity index (χ0v) is 15.4. The molecular formula is C18H20Cl2N4O. The van der Waals surface area contributed by atoms with Crippen LogP contribution in [0.4, 0.5) is 0 Å². The number of rotatable bonds is 3. The molecule has 1 aromatic carbocycles. The van der Waals surface area contributed by atoms with E-state index in [-0.39, 0.29) is 23.8 Å². The van der Waals surface area contributed by atoms with Gasteiger partial charge in [-0.2, -0.15) is 5.10 Å². The summed E-state index contributed by atoms with van der Waals surface area (Å²) >= 11 is 12.4. The molecule has 1 aliphatic carbocycles. The van der Waals surface area contributed by atoms with Gasteiger partial charge in [-0.05, 0) is 35.6 Å². The highest BCUT2D eigenvalue weighted by Crippen LogP contribution is 2.39. The second kappa shape index (κ2) is 6.63. The summed E-state index contributed by atoms with van der Waals surface area (Å²) in [5.74, 6) is 0.155. The first-order valence-corrected chi connectivity index (χ1v) is 9.26. The number of hydrogen-bond donors (Lipinski definition) is 2. The van der Waals surface area contributed by atoms with Crippen molar-refractivity contribution in [2.24, 2.45) is 13.0 Å². The Bertz CT molecular complexity index is 819. The van der Waals surface area contributed by atoms with Gasteiger partial charge in [-0.3, -0.25) is 9.48 Å². The molecule has 1 saturated heterocycles. The lowest BCUT2D eigenvalue weighted by molar-refractivity contribution is -0.125. The van der Waals surface area contributed by atoms with Gasteiger partial charge in [-0.1, -0.05) is 29.3 Å². The van der Waals surface area contributed by atoms with Crippen LogP contribution >= 0.6 is 23.2 Å². The van der Waals surface area contributed by atoms with Crippen molar-refractivity contribution >= 4 is 29.1 Å². The van der Waals surface area contributed by atoms with Gasteiger partial charge in [-0.25, -0.2) is 0 Å². The first-order chi connectivity index (χ1) is 12.0. The maximum absolute atomic E-state index is 12.9. The fraction of sp³-hybridized carbons (Fsp3) is 0.444. The van der Waals surface area contributed by atoms with Crippen LogP contribution in [0, 0.1) is 5.92 Å². The summed E-state index contributed by atoms with van der Waals surface area (Å²) < 4.78 is 1.78. The van der Waals surface area contributed by atoms with Crippen LogP contribution in [-0.4, -0.2) is 28.8 Å². The Morgan fingerprint density at radius 2 is 2.20 bits per heavy atom. The monoisotopic (exact) mass is 378 g/mol. The van der Waals surface area contributed by atoms with Crippen molar-refractivity contribution in [1.82, 2.24) is 20.4 Å². The minimum absolute atomic E-state index is 0.00687. The quantitative estimate of drug-likeness (QED) is 0.862. The maximum atomic E-state index is 12.9. The fourth-order valence-electron chi connectivity index (χ4n) is 4.00. The SMILES string of the molecule is Cn1cc([C@H]2CNC[C@@H]2C(=O)NC2CCc3c2ccc(Cl)c3Cl)cn1. The molecule has 0 bridgehead atoms. The van der Waals surface area contributed by atoms with Gasteiger partial charge in [0.15, 0.2) is 0 Å². The smallest absolute Gasteiger partial charge is 0.225 e. The second-order valence-corrected chi connectivity index (χ2v) is 7.63. The van der Waals surface area contributed by atoms with Gasteiger partial charge in [0.05, 0.1) is 28.2 Å². The normalized spacial score (nSPS) is 25.2. The predicted molar refractivity (Wildman–Crippen MR) is 98.0 cm³/mol. The summed E-state index contributed by atoms with van der Waals surface area (Å²) in [6.07, 6.45) is 5.54. The van der Waals surface area contributed by atoms with Crippen molar-refractivity contribution < 1.29 is 4.79 Å². The number of benzene rings is 1. The molecule has 132 valence electrons. The minimum atomic E-state index is -0.0870. The lowest BCUT2D eigenvalue weighted by Crippen LogP contribution is -2.36. The van der Waals surface area contributed by atoms with Crippen LogP contribution < -0.4 is 10.6 Å². The Labute approximate surface area is 156 Å². The number of amides is 1. The molecule has 1 fully saturated rings. The molecule has 4 rings (SSSR count). The number of nitrogens with one attached hydrogen (secondary N) is 2. The van der Waals surface area contributed by atoms with Crippen LogP contribution in [0.25, 0.3) is 0 Å². The topological polar surface area (TPSA) is 59.0 Å². The molecule has 7 heteroatoms. The second-order valence-electron chi connectivity index (χ2n) is 6.85. The molecule has 1 amide bonds. The van der Waals surface area contributed by atoms with Gasteiger partial charge in [0.25, 0.3) is 0 Å². The lowest BCUT2D eigenvalue weighted by atomic mass is 9.90. The number of hydrogen-bond acceptors (Lipinski definition) is 3. The molecule has 2 heterocycles. The molecule has 1 aliphatic heterocycles. The molecular weight excluding hydrogens is 359 g/mol. The number of nitrogens with zero attached hydrogens (tertiary/aromatic N) is 2. The summed E-state index contributed by atoms with van der Waals surface area (Å²) in [6, 6.07) is 3.79. The first-order valence-electron chi connectivity index (χ1n) is 8.51. The third-order valence-electron chi connectivity index (χ3n) is 5.31. The Hall–Kier alpha value is -1.56. The van der Waals surface area contributed by atoms with Crippen molar-refractivity contribution in [1.29, 1.82) is 0 Å². The Kier molecular flexibility index (Phi) is 4.48. The van der Waals surface area contributed by atoms with E-state index in [1.54, 1.807) is 4.68 Å². The molecule has 3 atom stereocenters. The van der Waals surface area contributed by atoms with Crippen LogP contribution in [-0.2, 0) is 18.3 Å². The largest absolute Gasteiger partial charge is 0.349 e. The number of halogens is 2. The van der Waals surface area contributed by atoms with E-state index in [0.29, 0.717) is 16.6 Å². The minimum Gasteiger partial charge on any atom is -0.349 e. The summed E-state index contributed by atoms with van der Waals surface area (Å²) in [7, 11) is 1.89.